The number of halogens is 2. The highest BCUT2D eigenvalue weighted by Gasteiger charge is 2.11. The van der Waals surface area contributed by atoms with E-state index in [9.17, 15) is 4.39 Å². The van der Waals surface area contributed by atoms with Crippen molar-refractivity contribution >= 4 is 46.5 Å². The molecule has 0 saturated heterocycles. The van der Waals surface area contributed by atoms with Gasteiger partial charge in [-0.25, -0.2) is 9.37 Å². The van der Waals surface area contributed by atoms with E-state index in [1.165, 1.54) is 12.1 Å². The molecule has 0 fully saturated rings. The fraction of sp³-hybridized carbons (Fsp3) is 0.0385. The summed E-state index contributed by atoms with van der Waals surface area (Å²) in [6, 6.07) is 23.2. The molecular formula is C26H19ClFN3O2. The van der Waals surface area contributed by atoms with Crippen molar-refractivity contribution in [3.05, 3.63) is 107 Å². The topological polar surface area (TPSA) is 79.0 Å². The highest BCUT2D eigenvalue weighted by molar-refractivity contribution is 6.30. The van der Waals surface area contributed by atoms with Gasteiger partial charge in [-0.15, -0.1) is 0 Å². The van der Waals surface area contributed by atoms with Crippen molar-refractivity contribution in [3.8, 4) is 5.75 Å². The van der Waals surface area contributed by atoms with Crippen LogP contribution in [0, 0.1) is 16.6 Å². The first kappa shape index (κ1) is 22.2. The molecule has 0 saturated carbocycles. The molecule has 3 aromatic carbocycles. The first-order valence-corrected chi connectivity index (χ1v) is 10.4. The number of benzene rings is 3. The maximum Gasteiger partial charge on any atom is 0.221 e. The van der Waals surface area contributed by atoms with E-state index in [1.807, 2.05) is 36.4 Å². The van der Waals surface area contributed by atoms with E-state index < -0.39 is 5.82 Å². The molecule has 0 spiro atoms. The van der Waals surface area contributed by atoms with Crippen molar-refractivity contribution < 1.29 is 13.9 Å². The molecule has 5 nitrogen and oxygen atoms in total. The van der Waals surface area contributed by atoms with Gasteiger partial charge in [-0.2, -0.15) is 0 Å². The minimum atomic E-state index is -0.560. The monoisotopic (exact) mass is 459 g/mol. The predicted molar refractivity (Wildman–Crippen MR) is 129 cm³/mol. The fourth-order valence-electron chi connectivity index (χ4n) is 3.25. The molecule has 2 N–H and O–H groups in total. The Morgan fingerprint density at radius 2 is 1.79 bits per heavy atom. The molecule has 1 aromatic heterocycles. The molecule has 4 aromatic rings. The molecule has 0 aliphatic heterocycles. The van der Waals surface area contributed by atoms with E-state index in [2.05, 4.69) is 4.98 Å². The van der Waals surface area contributed by atoms with Gasteiger partial charge in [-0.1, -0.05) is 54.1 Å². The predicted octanol–water partition coefficient (Wildman–Crippen LogP) is 6.75. The van der Waals surface area contributed by atoms with Gasteiger partial charge in [0, 0.05) is 11.0 Å². The van der Waals surface area contributed by atoms with Gasteiger partial charge < -0.3 is 9.47 Å². The van der Waals surface area contributed by atoms with Gasteiger partial charge in [-0.3, -0.25) is 10.8 Å². The first-order chi connectivity index (χ1) is 16.0. The van der Waals surface area contributed by atoms with Crippen molar-refractivity contribution in [2.45, 2.75) is 6.61 Å². The summed E-state index contributed by atoms with van der Waals surface area (Å²) in [5.41, 5.74) is 3.25. The van der Waals surface area contributed by atoms with Crippen LogP contribution in [0.25, 0.3) is 22.6 Å². The maximum absolute atomic E-state index is 13.8. The summed E-state index contributed by atoms with van der Waals surface area (Å²) in [5.74, 6) is -0.171. The summed E-state index contributed by atoms with van der Waals surface area (Å²) >= 11 is 5.76. The second-order valence-electron chi connectivity index (χ2n) is 7.10. The van der Waals surface area contributed by atoms with Crippen LogP contribution in [-0.2, 0) is 11.3 Å². The van der Waals surface area contributed by atoms with Crippen LogP contribution in [0.1, 0.15) is 16.8 Å². The number of hydrogen-bond donors (Lipinski definition) is 2. The van der Waals surface area contributed by atoms with Crippen LogP contribution in [0.3, 0.4) is 0 Å². The largest absolute Gasteiger partial charge is 0.487 e. The number of hydrogen-bond acceptors (Lipinski definition) is 5. The number of rotatable bonds is 7. The molecule has 7 heteroatoms. The Morgan fingerprint density at radius 1 is 1.00 bits per heavy atom. The van der Waals surface area contributed by atoms with Gasteiger partial charge in [0.25, 0.3) is 0 Å². The molecule has 0 unspecified atom stereocenters. The Hall–Kier alpha value is -4.03. The third-order valence-corrected chi connectivity index (χ3v) is 5.19. The molecule has 0 aliphatic carbocycles. The van der Waals surface area contributed by atoms with Gasteiger partial charge in [0.05, 0.1) is 16.2 Å². The molecule has 164 valence electrons. The normalized spacial score (nSPS) is 11.3. The molecule has 0 bridgehead atoms. The molecule has 33 heavy (non-hydrogen) atoms. The molecule has 0 aliphatic rings. The van der Waals surface area contributed by atoms with Crippen LogP contribution in [0.4, 0.5) is 4.39 Å². The lowest BCUT2D eigenvalue weighted by atomic mass is 10.0. The van der Waals surface area contributed by atoms with Crippen molar-refractivity contribution in [1.82, 2.24) is 4.98 Å². The minimum Gasteiger partial charge on any atom is -0.487 e. The van der Waals surface area contributed by atoms with Crippen molar-refractivity contribution in [2.75, 3.05) is 0 Å². The highest BCUT2D eigenvalue weighted by Crippen LogP contribution is 2.25. The van der Waals surface area contributed by atoms with Crippen LogP contribution in [0.5, 0.6) is 5.75 Å². The van der Waals surface area contributed by atoms with Crippen molar-refractivity contribution in [3.63, 3.8) is 0 Å². The van der Waals surface area contributed by atoms with Crippen LogP contribution in [0.2, 0.25) is 5.02 Å². The van der Waals surface area contributed by atoms with Crippen LogP contribution >= 0.6 is 11.6 Å². The van der Waals surface area contributed by atoms with Crippen molar-refractivity contribution in [2.24, 2.45) is 0 Å². The summed E-state index contributed by atoms with van der Waals surface area (Å²) in [6.45, 7) is 0.309. The molecule has 1 heterocycles. The zero-order valence-corrected chi connectivity index (χ0v) is 18.1. The number of aromatic nitrogens is 1. The van der Waals surface area contributed by atoms with E-state index in [4.69, 9.17) is 31.9 Å². The van der Waals surface area contributed by atoms with E-state index in [-0.39, 0.29) is 10.9 Å². The van der Waals surface area contributed by atoms with Crippen molar-refractivity contribution in [1.29, 1.82) is 10.8 Å². The van der Waals surface area contributed by atoms with E-state index in [0.29, 0.717) is 35.5 Å². The number of nitrogens with zero attached hydrogens (tertiary/aromatic N) is 1. The summed E-state index contributed by atoms with van der Waals surface area (Å²) in [4.78, 5) is 4.60. The van der Waals surface area contributed by atoms with Gasteiger partial charge in [0.2, 0.25) is 5.90 Å². The lowest BCUT2D eigenvalue weighted by molar-refractivity contribution is 0.302. The summed E-state index contributed by atoms with van der Waals surface area (Å²) in [5, 5.41) is 16.4. The standard InChI is InChI=1S/C26H19ClFN3O2/c27-23-12-5-17(14-24(23)28)13-22(26(30)33-16-29)18-7-10-21(11-8-18)32-15-20-9-6-19-3-1-2-4-25(19)31-20/h1-14,16,29-30H,15H2. The lowest BCUT2D eigenvalue weighted by Gasteiger charge is -2.11. The minimum absolute atomic E-state index is 0.0157. The SMILES string of the molecule is N=COC(=N)C(=Cc1ccc(Cl)c(F)c1)c1ccc(OCc2ccc3ccccc3n2)cc1. The molecule has 4 rings (SSSR count). The molecule has 0 amide bonds. The zero-order valence-electron chi connectivity index (χ0n) is 17.4. The Kier molecular flexibility index (Phi) is 6.76. The third kappa shape index (κ3) is 5.42. The van der Waals surface area contributed by atoms with Gasteiger partial charge in [-0.05, 0) is 53.6 Å². The average Bonchev–Trinajstić information content (AvgIpc) is 2.84. The Labute approximate surface area is 195 Å². The second kappa shape index (κ2) is 10.1. The maximum atomic E-state index is 13.8. The quantitative estimate of drug-likeness (QED) is 0.182. The van der Waals surface area contributed by atoms with Crippen LogP contribution < -0.4 is 4.74 Å². The van der Waals surface area contributed by atoms with Crippen LogP contribution in [0.15, 0.2) is 78.9 Å². The number of fused-ring (bicyclic) bond motifs is 1. The Morgan fingerprint density at radius 3 is 2.55 bits per heavy atom. The zero-order chi connectivity index (χ0) is 23.2. The molecule has 0 radical (unpaired) electrons. The third-order valence-electron chi connectivity index (χ3n) is 4.88. The number of pyridine rings is 1. The average molecular weight is 460 g/mol. The van der Waals surface area contributed by atoms with E-state index in [1.54, 1.807) is 36.4 Å². The number of ether oxygens (including phenoxy) is 2. The Bertz CT molecular complexity index is 1350. The Balaban J connectivity index is 1.53. The lowest BCUT2D eigenvalue weighted by Crippen LogP contribution is -2.05. The fourth-order valence-corrected chi connectivity index (χ4v) is 3.37. The van der Waals surface area contributed by atoms with Gasteiger partial charge in [0.1, 0.15) is 18.2 Å². The van der Waals surface area contributed by atoms with Gasteiger partial charge in [0.15, 0.2) is 6.40 Å². The number of para-hydroxylation sites is 1. The van der Waals surface area contributed by atoms with E-state index in [0.717, 1.165) is 16.6 Å². The summed E-state index contributed by atoms with van der Waals surface area (Å²) in [7, 11) is 0. The van der Waals surface area contributed by atoms with Crippen LogP contribution in [-0.4, -0.2) is 17.3 Å². The first-order valence-electron chi connectivity index (χ1n) is 10.0. The number of nitrogens with one attached hydrogen (secondary N) is 2. The highest BCUT2D eigenvalue weighted by atomic mass is 35.5. The molecular weight excluding hydrogens is 441 g/mol. The summed E-state index contributed by atoms with van der Waals surface area (Å²) in [6.07, 6.45) is 2.27. The molecule has 0 atom stereocenters. The van der Waals surface area contributed by atoms with Gasteiger partial charge >= 0.3 is 0 Å². The second-order valence-corrected chi connectivity index (χ2v) is 7.51. The van der Waals surface area contributed by atoms with E-state index >= 15 is 0 Å². The smallest absolute Gasteiger partial charge is 0.221 e. The summed E-state index contributed by atoms with van der Waals surface area (Å²) < 4.78 is 24.7.